The molecular weight excluding hydrogens is 508 g/mol. The number of rotatable bonds is 32. The van der Waals surface area contributed by atoms with E-state index in [-0.39, 0.29) is 18.5 Å². The van der Waals surface area contributed by atoms with Crippen LogP contribution in [0.2, 0.25) is 0 Å². The quantitative estimate of drug-likeness (QED) is 0.0491. The molecule has 0 rings (SSSR count). The molecule has 41 heavy (non-hydrogen) atoms. The van der Waals surface area contributed by atoms with Crippen molar-refractivity contribution in [2.45, 2.75) is 200 Å². The van der Waals surface area contributed by atoms with E-state index >= 15 is 0 Å². The highest BCUT2D eigenvalue weighted by molar-refractivity contribution is 5.69. The van der Waals surface area contributed by atoms with Crippen LogP contribution in [0.4, 0.5) is 0 Å². The molecule has 0 aliphatic carbocycles. The summed E-state index contributed by atoms with van der Waals surface area (Å²) >= 11 is 0. The maximum absolute atomic E-state index is 12.5. The topological polar surface area (TPSA) is 63.6 Å². The van der Waals surface area contributed by atoms with Crippen molar-refractivity contribution in [1.82, 2.24) is 0 Å². The Kier molecular flexibility index (Phi) is 31.7. The van der Waals surface area contributed by atoms with Crippen molar-refractivity contribution in [2.24, 2.45) is 0 Å². The number of aliphatic carboxylic acids is 1. The molecule has 0 aromatic carbocycles. The standard InChI is InChI=1S/C37H68O4/c1-3-5-7-9-11-12-13-14-15-16-17-18-19-20-22-24-30-34-37(40)41-35(31-27-23-21-10-8-6-4-2)32-28-25-26-29-33-36(38)39/h11-12,14-15,35H,3-10,13,16-34H2,1-2H3,(H,38,39)/b12-11-,15-14-. The van der Waals surface area contributed by atoms with E-state index in [9.17, 15) is 9.59 Å². The van der Waals surface area contributed by atoms with Gasteiger partial charge in [0.15, 0.2) is 0 Å². The first-order valence-corrected chi connectivity index (χ1v) is 17.8. The number of carboxylic acid groups (broad SMARTS) is 1. The molecule has 0 aliphatic rings. The number of allylic oxidation sites excluding steroid dienone is 4. The van der Waals surface area contributed by atoms with Gasteiger partial charge in [-0.15, -0.1) is 0 Å². The van der Waals surface area contributed by atoms with Crippen LogP contribution in [0.25, 0.3) is 0 Å². The lowest BCUT2D eigenvalue weighted by atomic mass is 10.0. The number of carboxylic acids is 1. The monoisotopic (exact) mass is 577 g/mol. The third-order valence-electron chi connectivity index (χ3n) is 7.93. The zero-order valence-electron chi connectivity index (χ0n) is 27.4. The Labute approximate surface area is 255 Å². The molecule has 0 heterocycles. The number of esters is 1. The molecule has 0 aromatic rings. The van der Waals surface area contributed by atoms with Crippen molar-refractivity contribution in [2.75, 3.05) is 0 Å². The second-order valence-electron chi connectivity index (χ2n) is 12.1. The first-order chi connectivity index (χ1) is 20.1. The number of carbonyl (C=O) groups is 2. The van der Waals surface area contributed by atoms with Gasteiger partial charge >= 0.3 is 11.9 Å². The lowest BCUT2D eigenvalue weighted by Gasteiger charge is -2.18. The second kappa shape index (κ2) is 32.9. The lowest BCUT2D eigenvalue weighted by Crippen LogP contribution is -2.18. The highest BCUT2D eigenvalue weighted by atomic mass is 16.5. The third kappa shape index (κ3) is 32.8. The number of hydrogen-bond donors (Lipinski definition) is 1. The van der Waals surface area contributed by atoms with E-state index in [1.807, 2.05) is 0 Å². The van der Waals surface area contributed by atoms with Crippen molar-refractivity contribution >= 4 is 11.9 Å². The Hall–Kier alpha value is -1.58. The predicted octanol–water partition coefficient (Wildman–Crippen LogP) is 12.1. The van der Waals surface area contributed by atoms with Crippen LogP contribution in [0, 0.1) is 0 Å². The van der Waals surface area contributed by atoms with E-state index in [4.69, 9.17) is 9.84 Å². The molecule has 4 heteroatoms. The first-order valence-electron chi connectivity index (χ1n) is 17.8. The Morgan fingerprint density at radius 3 is 1.49 bits per heavy atom. The average molecular weight is 577 g/mol. The minimum Gasteiger partial charge on any atom is -0.481 e. The second-order valence-corrected chi connectivity index (χ2v) is 12.1. The van der Waals surface area contributed by atoms with Gasteiger partial charge in [0.05, 0.1) is 0 Å². The first kappa shape index (κ1) is 39.4. The Morgan fingerprint density at radius 2 is 0.951 bits per heavy atom. The van der Waals surface area contributed by atoms with Gasteiger partial charge in [-0.05, 0) is 70.6 Å². The Bertz CT molecular complexity index is 624. The van der Waals surface area contributed by atoms with Gasteiger partial charge in [0.2, 0.25) is 0 Å². The minimum atomic E-state index is -0.712. The van der Waals surface area contributed by atoms with Crippen LogP contribution in [0.1, 0.15) is 194 Å². The van der Waals surface area contributed by atoms with E-state index < -0.39 is 5.97 Å². The van der Waals surface area contributed by atoms with Crippen molar-refractivity contribution in [1.29, 1.82) is 0 Å². The van der Waals surface area contributed by atoms with E-state index in [0.29, 0.717) is 6.42 Å². The summed E-state index contributed by atoms with van der Waals surface area (Å²) in [6.07, 6.45) is 40.5. The van der Waals surface area contributed by atoms with Gasteiger partial charge in [-0.2, -0.15) is 0 Å². The lowest BCUT2D eigenvalue weighted by molar-refractivity contribution is -0.150. The van der Waals surface area contributed by atoms with Crippen molar-refractivity contribution in [3.63, 3.8) is 0 Å². The summed E-state index contributed by atoms with van der Waals surface area (Å²) in [6.45, 7) is 4.50. The SMILES string of the molecule is CCCCC/C=C\C/C=C\CCCCCCCCCC(=O)OC(CCCCCCCCC)CCCCCCC(=O)O. The molecule has 0 spiro atoms. The van der Waals surface area contributed by atoms with Crippen LogP contribution in [-0.4, -0.2) is 23.1 Å². The third-order valence-corrected chi connectivity index (χ3v) is 7.93. The van der Waals surface area contributed by atoms with Crippen LogP contribution < -0.4 is 0 Å². The number of unbranched alkanes of at least 4 members (excludes halogenated alkanes) is 19. The normalized spacial score (nSPS) is 12.4. The predicted molar refractivity (Wildman–Crippen MR) is 176 cm³/mol. The van der Waals surface area contributed by atoms with Gasteiger partial charge in [0.1, 0.15) is 6.10 Å². The molecule has 1 N–H and O–H groups in total. The zero-order chi connectivity index (χ0) is 30.1. The molecule has 0 saturated heterocycles. The number of carbonyl (C=O) groups excluding carboxylic acids is 1. The molecule has 0 bridgehead atoms. The molecular formula is C37H68O4. The molecule has 0 aliphatic heterocycles. The van der Waals surface area contributed by atoms with Crippen molar-refractivity contribution in [3.05, 3.63) is 24.3 Å². The summed E-state index contributed by atoms with van der Waals surface area (Å²) in [5.74, 6) is -0.734. The fourth-order valence-electron chi connectivity index (χ4n) is 5.27. The van der Waals surface area contributed by atoms with E-state index in [0.717, 1.165) is 64.2 Å². The fraction of sp³-hybridized carbons (Fsp3) is 0.838. The molecule has 1 atom stereocenters. The van der Waals surface area contributed by atoms with Gasteiger partial charge in [0, 0.05) is 12.8 Å². The van der Waals surface area contributed by atoms with E-state index in [1.165, 1.54) is 103 Å². The van der Waals surface area contributed by atoms with Gasteiger partial charge in [-0.25, -0.2) is 0 Å². The largest absolute Gasteiger partial charge is 0.481 e. The Morgan fingerprint density at radius 1 is 0.537 bits per heavy atom. The Balaban J connectivity index is 3.90. The van der Waals surface area contributed by atoms with E-state index in [2.05, 4.69) is 38.2 Å². The average Bonchev–Trinajstić information content (AvgIpc) is 2.95. The van der Waals surface area contributed by atoms with Crippen LogP contribution in [0.5, 0.6) is 0 Å². The summed E-state index contributed by atoms with van der Waals surface area (Å²) in [4.78, 5) is 23.2. The summed E-state index contributed by atoms with van der Waals surface area (Å²) < 4.78 is 5.93. The van der Waals surface area contributed by atoms with Crippen molar-refractivity contribution < 1.29 is 19.4 Å². The zero-order valence-corrected chi connectivity index (χ0v) is 27.4. The van der Waals surface area contributed by atoms with Crippen LogP contribution >= 0.6 is 0 Å². The number of ether oxygens (including phenoxy) is 1. The molecule has 0 amide bonds. The molecule has 0 saturated carbocycles. The summed E-state index contributed by atoms with van der Waals surface area (Å²) in [5.41, 5.74) is 0. The van der Waals surface area contributed by atoms with Gasteiger partial charge in [-0.3, -0.25) is 9.59 Å². The highest BCUT2D eigenvalue weighted by Gasteiger charge is 2.14. The highest BCUT2D eigenvalue weighted by Crippen LogP contribution is 2.18. The van der Waals surface area contributed by atoms with E-state index in [1.54, 1.807) is 0 Å². The van der Waals surface area contributed by atoms with Crippen molar-refractivity contribution in [3.8, 4) is 0 Å². The molecule has 240 valence electrons. The molecule has 1 unspecified atom stereocenters. The summed E-state index contributed by atoms with van der Waals surface area (Å²) in [7, 11) is 0. The van der Waals surface area contributed by atoms with Crippen LogP contribution in [0.3, 0.4) is 0 Å². The molecule has 0 aromatic heterocycles. The van der Waals surface area contributed by atoms with Crippen LogP contribution in [0.15, 0.2) is 24.3 Å². The molecule has 0 fully saturated rings. The number of hydrogen-bond acceptors (Lipinski definition) is 3. The van der Waals surface area contributed by atoms with Gasteiger partial charge < -0.3 is 9.84 Å². The minimum absolute atomic E-state index is 0.0218. The smallest absolute Gasteiger partial charge is 0.306 e. The molecule has 0 radical (unpaired) electrons. The fourth-order valence-corrected chi connectivity index (χ4v) is 5.27. The maximum atomic E-state index is 12.5. The summed E-state index contributed by atoms with van der Waals surface area (Å²) in [5, 5.41) is 8.80. The summed E-state index contributed by atoms with van der Waals surface area (Å²) in [6, 6.07) is 0. The van der Waals surface area contributed by atoms with Gasteiger partial charge in [0.25, 0.3) is 0 Å². The van der Waals surface area contributed by atoms with Crippen LogP contribution in [-0.2, 0) is 14.3 Å². The maximum Gasteiger partial charge on any atom is 0.306 e. The van der Waals surface area contributed by atoms with Gasteiger partial charge in [-0.1, -0.05) is 134 Å². The molecule has 4 nitrogen and oxygen atoms in total.